The minimum atomic E-state index is -0.629. The Kier molecular flexibility index (Phi) is 6.63. The smallest absolute Gasteiger partial charge is 0.359 e. The van der Waals surface area contributed by atoms with Gasteiger partial charge in [-0.25, -0.2) is 9.48 Å². The number of carbonyl (C=O) groups excluding carboxylic acids is 2. The Morgan fingerprint density at radius 3 is 2.58 bits per heavy atom. The highest BCUT2D eigenvalue weighted by Crippen LogP contribution is 2.20. The summed E-state index contributed by atoms with van der Waals surface area (Å²) in [5.41, 5.74) is 3.48. The lowest BCUT2D eigenvalue weighted by Gasteiger charge is -2.08. The van der Waals surface area contributed by atoms with Gasteiger partial charge < -0.3 is 10.1 Å². The summed E-state index contributed by atoms with van der Waals surface area (Å²) < 4.78 is 6.60. The van der Waals surface area contributed by atoms with Crippen LogP contribution >= 0.6 is 0 Å². The van der Waals surface area contributed by atoms with E-state index in [1.807, 2.05) is 62.4 Å². The summed E-state index contributed by atoms with van der Waals surface area (Å²) in [6.07, 6.45) is 2.93. The van der Waals surface area contributed by atoms with Crippen LogP contribution in [0.3, 0.4) is 0 Å². The van der Waals surface area contributed by atoms with Crippen molar-refractivity contribution in [3.63, 3.8) is 0 Å². The summed E-state index contributed by atoms with van der Waals surface area (Å²) in [6, 6.07) is 16.7. The SMILES string of the molecule is CCOC(=O)c1nn(-c2ccccc2)cc1/C=C(/C#N)C(=O)Nc1ccc(C)cc1C. The van der Waals surface area contributed by atoms with Gasteiger partial charge in [0.2, 0.25) is 0 Å². The number of rotatable bonds is 6. The molecule has 1 heterocycles. The molecule has 1 N–H and O–H groups in total. The van der Waals surface area contributed by atoms with Gasteiger partial charge in [0.15, 0.2) is 5.69 Å². The first-order chi connectivity index (χ1) is 14.9. The summed E-state index contributed by atoms with van der Waals surface area (Å²) in [6.45, 7) is 5.71. The molecule has 31 heavy (non-hydrogen) atoms. The monoisotopic (exact) mass is 414 g/mol. The minimum absolute atomic E-state index is 0.0257. The number of para-hydroxylation sites is 1. The van der Waals surface area contributed by atoms with E-state index < -0.39 is 11.9 Å². The van der Waals surface area contributed by atoms with Crippen LogP contribution in [0.5, 0.6) is 0 Å². The minimum Gasteiger partial charge on any atom is -0.461 e. The van der Waals surface area contributed by atoms with Gasteiger partial charge >= 0.3 is 5.97 Å². The van der Waals surface area contributed by atoms with E-state index in [1.165, 1.54) is 10.8 Å². The maximum atomic E-state index is 12.7. The number of anilines is 1. The first kappa shape index (κ1) is 21.5. The molecule has 0 saturated heterocycles. The zero-order valence-electron chi connectivity index (χ0n) is 17.5. The van der Waals surface area contributed by atoms with E-state index in [-0.39, 0.29) is 17.9 Å². The average molecular weight is 414 g/mol. The van der Waals surface area contributed by atoms with Crippen LogP contribution in [0.1, 0.15) is 34.1 Å². The Morgan fingerprint density at radius 2 is 1.94 bits per heavy atom. The third kappa shape index (κ3) is 5.06. The molecular weight excluding hydrogens is 392 g/mol. The summed E-state index contributed by atoms with van der Waals surface area (Å²) in [4.78, 5) is 25.1. The lowest BCUT2D eigenvalue weighted by Crippen LogP contribution is -2.14. The maximum Gasteiger partial charge on any atom is 0.359 e. The van der Waals surface area contributed by atoms with Gasteiger partial charge in [0.05, 0.1) is 12.3 Å². The van der Waals surface area contributed by atoms with E-state index >= 15 is 0 Å². The zero-order chi connectivity index (χ0) is 22.4. The number of hydrogen-bond donors (Lipinski definition) is 1. The van der Waals surface area contributed by atoms with E-state index in [0.29, 0.717) is 11.3 Å². The normalized spacial score (nSPS) is 11.0. The number of benzene rings is 2. The number of nitrogens with one attached hydrogen (secondary N) is 1. The van der Waals surface area contributed by atoms with Crippen molar-refractivity contribution in [1.29, 1.82) is 5.26 Å². The third-order valence-electron chi connectivity index (χ3n) is 4.53. The molecule has 1 aromatic heterocycles. The highest BCUT2D eigenvalue weighted by molar-refractivity contribution is 6.10. The Hall–Kier alpha value is -4.18. The van der Waals surface area contributed by atoms with Gasteiger partial charge in [0.25, 0.3) is 5.91 Å². The van der Waals surface area contributed by atoms with Crippen molar-refractivity contribution in [2.45, 2.75) is 20.8 Å². The number of aromatic nitrogens is 2. The number of carbonyl (C=O) groups is 2. The van der Waals surface area contributed by atoms with Crippen molar-refractivity contribution in [1.82, 2.24) is 9.78 Å². The third-order valence-corrected chi connectivity index (χ3v) is 4.53. The van der Waals surface area contributed by atoms with E-state index in [0.717, 1.165) is 16.8 Å². The molecule has 0 aliphatic carbocycles. The molecule has 156 valence electrons. The van der Waals surface area contributed by atoms with E-state index in [9.17, 15) is 14.9 Å². The molecule has 0 aliphatic rings. The molecule has 1 amide bonds. The van der Waals surface area contributed by atoms with Crippen molar-refractivity contribution in [3.05, 3.63) is 82.7 Å². The quantitative estimate of drug-likeness (QED) is 0.370. The number of nitriles is 1. The van der Waals surface area contributed by atoms with E-state index in [1.54, 1.807) is 19.2 Å². The van der Waals surface area contributed by atoms with Crippen LogP contribution < -0.4 is 5.32 Å². The summed E-state index contributed by atoms with van der Waals surface area (Å²) in [5, 5.41) is 16.6. The van der Waals surface area contributed by atoms with Crippen LogP contribution in [-0.2, 0) is 9.53 Å². The van der Waals surface area contributed by atoms with Gasteiger partial charge in [-0.3, -0.25) is 4.79 Å². The van der Waals surface area contributed by atoms with Crippen molar-refractivity contribution in [3.8, 4) is 11.8 Å². The molecule has 0 atom stereocenters. The first-order valence-electron chi connectivity index (χ1n) is 9.75. The van der Waals surface area contributed by atoms with Crippen LogP contribution in [0, 0.1) is 25.2 Å². The van der Waals surface area contributed by atoms with Crippen LogP contribution in [-0.4, -0.2) is 28.3 Å². The molecular formula is C24H22N4O3. The van der Waals surface area contributed by atoms with E-state index in [2.05, 4.69) is 10.4 Å². The second-order valence-corrected chi connectivity index (χ2v) is 6.88. The molecule has 3 rings (SSSR count). The van der Waals surface area contributed by atoms with Gasteiger partial charge in [-0.2, -0.15) is 10.4 Å². The summed E-state index contributed by atoms with van der Waals surface area (Å²) in [7, 11) is 0. The molecule has 2 aromatic carbocycles. The van der Waals surface area contributed by atoms with Crippen LogP contribution in [0.15, 0.2) is 60.3 Å². The summed E-state index contributed by atoms with van der Waals surface area (Å²) >= 11 is 0. The van der Waals surface area contributed by atoms with Crippen molar-refractivity contribution >= 4 is 23.6 Å². The molecule has 0 bridgehead atoms. The van der Waals surface area contributed by atoms with Crippen LogP contribution in [0.4, 0.5) is 5.69 Å². The van der Waals surface area contributed by atoms with Gasteiger partial charge in [0.1, 0.15) is 11.6 Å². The van der Waals surface area contributed by atoms with Gasteiger partial charge in [-0.15, -0.1) is 0 Å². The Balaban J connectivity index is 1.98. The number of ether oxygens (including phenoxy) is 1. The molecule has 0 unspecified atom stereocenters. The molecule has 3 aromatic rings. The average Bonchev–Trinajstić information content (AvgIpc) is 3.19. The standard InChI is InChI=1S/C24H22N4O3/c1-4-31-24(30)22-19(15-28(27-22)20-8-6-5-7-9-20)13-18(14-25)23(29)26-21-11-10-16(2)12-17(21)3/h5-13,15H,4H2,1-3H3,(H,26,29)/b18-13-. The topological polar surface area (TPSA) is 97.0 Å². The molecule has 7 nitrogen and oxygen atoms in total. The second-order valence-electron chi connectivity index (χ2n) is 6.88. The molecule has 0 spiro atoms. The maximum absolute atomic E-state index is 12.7. The van der Waals surface area contributed by atoms with E-state index in [4.69, 9.17) is 4.74 Å². The Morgan fingerprint density at radius 1 is 1.19 bits per heavy atom. The number of hydrogen-bond acceptors (Lipinski definition) is 5. The molecule has 7 heteroatoms. The highest BCUT2D eigenvalue weighted by Gasteiger charge is 2.20. The Labute approximate surface area is 180 Å². The van der Waals surface area contributed by atoms with Crippen molar-refractivity contribution < 1.29 is 14.3 Å². The largest absolute Gasteiger partial charge is 0.461 e. The van der Waals surface area contributed by atoms with Gasteiger partial charge in [-0.1, -0.05) is 35.9 Å². The number of nitrogens with zero attached hydrogens (tertiary/aromatic N) is 3. The van der Waals surface area contributed by atoms with Crippen LogP contribution in [0.2, 0.25) is 0 Å². The molecule has 0 radical (unpaired) electrons. The fourth-order valence-corrected chi connectivity index (χ4v) is 3.01. The number of esters is 1. The lowest BCUT2D eigenvalue weighted by atomic mass is 10.1. The molecule has 0 aliphatic heterocycles. The number of aryl methyl sites for hydroxylation is 2. The van der Waals surface area contributed by atoms with Crippen molar-refractivity contribution in [2.75, 3.05) is 11.9 Å². The fourth-order valence-electron chi connectivity index (χ4n) is 3.01. The first-order valence-corrected chi connectivity index (χ1v) is 9.75. The molecule has 0 saturated carbocycles. The fraction of sp³-hybridized carbons (Fsp3) is 0.167. The van der Waals surface area contributed by atoms with Crippen LogP contribution in [0.25, 0.3) is 11.8 Å². The number of amides is 1. The molecule has 0 fully saturated rings. The van der Waals surface area contributed by atoms with Gasteiger partial charge in [0, 0.05) is 17.4 Å². The van der Waals surface area contributed by atoms with Crippen molar-refractivity contribution in [2.24, 2.45) is 0 Å². The predicted octanol–water partition coefficient (Wildman–Crippen LogP) is 4.21. The summed E-state index contributed by atoms with van der Waals surface area (Å²) in [5.74, 6) is -1.20. The predicted molar refractivity (Wildman–Crippen MR) is 118 cm³/mol. The zero-order valence-corrected chi connectivity index (χ0v) is 17.5. The lowest BCUT2D eigenvalue weighted by molar-refractivity contribution is -0.112. The highest BCUT2D eigenvalue weighted by atomic mass is 16.5. The second kappa shape index (κ2) is 9.55. The Bertz CT molecular complexity index is 1190. The van der Waals surface area contributed by atoms with Gasteiger partial charge in [-0.05, 0) is 50.6 Å².